The van der Waals surface area contributed by atoms with E-state index in [2.05, 4.69) is 50.5 Å². The zero-order valence-corrected chi connectivity index (χ0v) is 41.1. The highest BCUT2D eigenvalue weighted by molar-refractivity contribution is 6.02. The predicted molar refractivity (Wildman–Crippen MR) is 276 cm³/mol. The van der Waals surface area contributed by atoms with Gasteiger partial charge in [-0.1, -0.05) is 69.3 Å². The second kappa shape index (κ2) is 19.4. The molecule has 4 aliphatic rings. The maximum absolute atomic E-state index is 16.5. The molecule has 0 unspecified atom stereocenters. The molecule has 0 aliphatic carbocycles. The van der Waals surface area contributed by atoms with Crippen molar-refractivity contribution < 1.29 is 27.9 Å². The van der Waals surface area contributed by atoms with E-state index >= 15 is 8.78 Å². The number of amides is 3. The molecule has 0 spiro atoms. The Morgan fingerprint density at radius 1 is 0.736 bits per heavy atom. The van der Waals surface area contributed by atoms with Gasteiger partial charge in [0.15, 0.2) is 11.6 Å². The summed E-state index contributed by atoms with van der Waals surface area (Å²) in [4.78, 5) is 65.2. The number of piperidine rings is 1. The summed E-state index contributed by atoms with van der Waals surface area (Å²) in [5.41, 5.74) is 9.29. The van der Waals surface area contributed by atoms with E-state index < -0.39 is 29.7 Å². The summed E-state index contributed by atoms with van der Waals surface area (Å²) in [6.45, 7) is 7.28. The monoisotopic (exact) mass is 972 g/mol. The first-order valence-electron chi connectivity index (χ1n) is 25.5. The Morgan fingerprint density at radius 3 is 1.82 bits per heavy atom. The number of benzene rings is 5. The largest absolute Gasteiger partial charge is 0.453 e. The third-order valence-electron chi connectivity index (χ3n) is 15.2. The van der Waals surface area contributed by atoms with E-state index in [1.807, 2.05) is 90.1 Å². The molecule has 2 saturated heterocycles. The molecule has 11 rings (SSSR count). The minimum atomic E-state index is -0.592. The number of carbonyl (C=O) groups excluding carboxylic acids is 3. The lowest BCUT2D eigenvalue weighted by Gasteiger charge is -2.35. The highest BCUT2D eigenvalue weighted by Crippen LogP contribution is 2.50. The molecule has 0 bridgehead atoms. The van der Waals surface area contributed by atoms with Crippen molar-refractivity contribution >= 4 is 62.7 Å². The van der Waals surface area contributed by atoms with E-state index in [0.29, 0.717) is 68.0 Å². The summed E-state index contributed by atoms with van der Waals surface area (Å²) in [6.07, 6.45) is 7.06. The number of para-hydroxylation sites is 2. The lowest BCUT2D eigenvalue weighted by molar-refractivity contribution is -0.122. The molecule has 5 atom stereocenters. The lowest BCUT2D eigenvalue weighted by Crippen LogP contribution is -2.42. The third kappa shape index (κ3) is 8.59. The van der Waals surface area contributed by atoms with Gasteiger partial charge in [0.1, 0.15) is 17.3 Å². The van der Waals surface area contributed by atoms with Crippen molar-refractivity contribution in [1.29, 1.82) is 0 Å². The number of rotatable bonds is 12. The van der Waals surface area contributed by atoms with E-state index in [1.54, 1.807) is 6.42 Å². The molecule has 13 nitrogen and oxygen atoms in total. The zero-order chi connectivity index (χ0) is 49.8. The van der Waals surface area contributed by atoms with Gasteiger partial charge in [0, 0.05) is 49.5 Å². The number of nitrogens with zero attached hydrogens (tertiary/aromatic N) is 6. The maximum Gasteiger partial charge on any atom is 0.406 e. The van der Waals surface area contributed by atoms with Gasteiger partial charge in [0.25, 0.3) is 0 Å². The number of methoxy groups -OCH3 is 1. The summed E-state index contributed by atoms with van der Waals surface area (Å²) in [5.74, 6) is -0.411. The molecular formula is C57H60F2N9O4. The number of fused-ring (bicyclic) bond motifs is 4. The van der Waals surface area contributed by atoms with Crippen LogP contribution in [0.5, 0.6) is 0 Å². The molecule has 15 heteroatoms. The first-order valence-corrected chi connectivity index (χ1v) is 25.5. The van der Waals surface area contributed by atoms with Gasteiger partial charge < -0.3 is 39.6 Å². The zero-order valence-electron chi connectivity index (χ0n) is 41.1. The van der Waals surface area contributed by atoms with Gasteiger partial charge >= 0.3 is 6.09 Å². The average molecular weight is 973 g/mol. The maximum atomic E-state index is 16.5. The van der Waals surface area contributed by atoms with Crippen LogP contribution in [-0.2, 0) is 27.2 Å². The Kier molecular flexibility index (Phi) is 12.7. The fourth-order valence-electron chi connectivity index (χ4n) is 11.8. The molecule has 6 heterocycles. The minimum Gasteiger partial charge on any atom is -0.453 e. The van der Waals surface area contributed by atoms with Crippen molar-refractivity contribution in [2.45, 2.75) is 96.3 Å². The van der Waals surface area contributed by atoms with E-state index in [9.17, 15) is 14.4 Å². The predicted octanol–water partition coefficient (Wildman–Crippen LogP) is 11.3. The number of alkyl carbamates (subject to hydrolysis) is 1. The number of hydrogen-bond donors (Lipinski definition) is 3. The SMILES string of the molecule is CC[C@H](CNC(=O)OC)C(=O)N1c2ccccc2C[C@H]1c1nc2cc([C@H]3CC[C@H](c4ccc5[nH]c([C@@H]6Cc7ccccc7N6C(=O)[CH]C(C)C)nc5c4)N3c3cc(F)c(N4CCCCC4)c(F)c3)ccc2[nH]1. The molecule has 371 valence electrons. The van der Waals surface area contributed by atoms with Crippen LogP contribution in [0.15, 0.2) is 97.1 Å². The Morgan fingerprint density at radius 2 is 1.28 bits per heavy atom. The number of carbonyl (C=O) groups is 3. The average Bonchev–Trinajstić information content (AvgIpc) is 4.23. The van der Waals surface area contributed by atoms with Crippen molar-refractivity contribution in [3.63, 3.8) is 0 Å². The fourth-order valence-corrected chi connectivity index (χ4v) is 11.8. The van der Waals surface area contributed by atoms with Gasteiger partial charge in [-0.2, -0.15) is 0 Å². The molecule has 4 aliphatic heterocycles. The summed E-state index contributed by atoms with van der Waals surface area (Å²) in [5, 5.41) is 2.71. The van der Waals surface area contributed by atoms with Crippen molar-refractivity contribution in [2.75, 3.05) is 46.3 Å². The van der Waals surface area contributed by atoms with E-state index in [4.69, 9.17) is 14.7 Å². The second-order valence-electron chi connectivity index (χ2n) is 20.1. The molecule has 3 N–H and O–H groups in total. The van der Waals surface area contributed by atoms with Crippen molar-refractivity contribution in [1.82, 2.24) is 25.3 Å². The summed E-state index contributed by atoms with van der Waals surface area (Å²) < 4.78 is 37.8. The Bertz CT molecular complexity index is 3180. The first kappa shape index (κ1) is 47.1. The van der Waals surface area contributed by atoms with Gasteiger partial charge in [-0.15, -0.1) is 0 Å². The van der Waals surface area contributed by atoms with Gasteiger partial charge in [-0.05, 0) is 115 Å². The summed E-state index contributed by atoms with van der Waals surface area (Å²) in [6, 6.07) is 29.9. The van der Waals surface area contributed by atoms with Crippen molar-refractivity contribution in [3.8, 4) is 0 Å². The lowest BCUT2D eigenvalue weighted by atomic mass is 10.0. The molecular weight excluding hydrogens is 913 g/mol. The molecule has 2 fully saturated rings. The number of H-pyrrole nitrogens is 2. The number of anilines is 4. The number of aromatic amines is 2. The van der Waals surface area contributed by atoms with E-state index in [-0.39, 0.29) is 48.1 Å². The van der Waals surface area contributed by atoms with Crippen LogP contribution < -0.4 is 24.9 Å². The van der Waals surface area contributed by atoms with Crippen LogP contribution in [0.4, 0.5) is 36.3 Å². The minimum absolute atomic E-state index is 0.0286. The van der Waals surface area contributed by atoms with Crippen LogP contribution in [-0.4, -0.2) is 64.6 Å². The smallest absolute Gasteiger partial charge is 0.406 e. The van der Waals surface area contributed by atoms with Gasteiger partial charge in [-0.3, -0.25) is 9.59 Å². The summed E-state index contributed by atoms with van der Waals surface area (Å²) >= 11 is 0. The van der Waals surface area contributed by atoms with Crippen molar-refractivity contribution in [3.05, 3.63) is 149 Å². The highest BCUT2D eigenvalue weighted by Gasteiger charge is 2.41. The Labute approximate surface area is 417 Å². The normalized spacial score (nSPS) is 20.2. The molecule has 0 saturated carbocycles. The van der Waals surface area contributed by atoms with Gasteiger partial charge in [0.2, 0.25) is 11.8 Å². The number of imidazole rings is 2. The molecule has 72 heavy (non-hydrogen) atoms. The van der Waals surface area contributed by atoms with E-state index in [0.717, 1.165) is 69.4 Å². The number of nitrogens with one attached hydrogen (secondary N) is 3. The molecule has 5 aromatic carbocycles. The van der Waals surface area contributed by atoms with Crippen LogP contribution in [0.25, 0.3) is 22.1 Å². The first-order chi connectivity index (χ1) is 35.0. The number of halogens is 2. The van der Waals surface area contributed by atoms with Crippen LogP contribution in [0.1, 0.15) is 117 Å². The summed E-state index contributed by atoms with van der Waals surface area (Å²) in [7, 11) is 1.30. The van der Waals surface area contributed by atoms with Gasteiger partial charge in [0.05, 0.1) is 65.7 Å². The number of ether oxygens (including phenoxy) is 1. The Balaban J connectivity index is 0.938. The topological polar surface area (TPSA) is 143 Å². The van der Waals surface area contributed by atoms with Crippen LogP contribution in [0, 0.1) is 29.9 Å². The van der Waals surface area contributed by atoms with Crippen LogP contribution >= 0.6 is 0 Å². The quantitative estimate of drug-likeness (QED) is 0.110. The molecule has 3 amide bonds. The van der Waals surface area contributed by atoms with Crippen LogP contribution in [0.2, 0.25) is 0 Å². The molecule has 7 aromatic rings. The second-order valence-corrected chi connectivity index (χ2v) is 20.1. The molecule has 1 radical (unpaired) electrons. The van der Waals surface area contributed by atoms with Crippen LogP contribution in [0.3, 0.4) is 0 Å². The Hall–Kier alpha value is -7.29. The highest BCUT2D eigenvalue weighted by atomic mass is 19.1. The van der Waals surface area contributed by atoms with Gasteiger partial charge in [-0.25, -0.2) is 23.5 Å². The van der Waals surface area contributed by atoms with E-state index in [1.165, 1.54) is 19.2 Å². The standard InChI is InChI=1S/C57H60F2N9O4/c1-5-34(32-60-57(71)72-4)56(70)68-47-16-10-8-14-36(47)29-51(68)55-62-43-20-18-38(27-45(43)64-55)49-22-21-48(66(49)39-30-40(58)53(41(59)31-39)65-23-11-6-12-24-65)37-17-19-42-44(26-37)63-54(61-42)50-28-35-13-7-9-15-46(35)67(50)52(69)25-33(2)3/h7-10,13-20,25-27,30-31,33-34,48-51H,5-6,11-12,21-24,28-29,32H2,1-4H3,(H,60,71)(H,61,63)(H,62,64)/t34-,48-,49-,50+,51+/m1/s1. The number of aromatic nitrogens is 4. The number of hydrogen-bond acceptors (Lipinski definition) is 8. The third-order valence-corrected chi connectivity index (χ3v) is 15.2. The molecule has 2 aromatic heterocycles. The van der Waals surface area contributed by atoms with Crippen molar-refractivity contribution in [2.24, 2.45) is 11.8 Å². The fraction of sp³-hybridized carbons (Fsp3) is 0.368.